The molecule has 0 unspecified atom stereocenters. The number of hydrogen-bond acceptors (Lipinski definition) is 3. The lowest BCUT2D eigenvalue weighted by Gasteiger charge is -2.15. The monoisotopic (exact) mass is 434 g/mol. The Bertz CT molecular complexity index is 1390. The summed E-state index contributed by atoms with van der Waals surface area (Å²) in [6, 6.07) is 13.3. The lowest BCUT2D eigenvalue weighted by Crippen LogP contribution is -2.21. The van der Waals surface area contributed by atoms with E-state index in [2.05, 4.69) is 4.98 Å². The van der Waals surface area contributed by atoms with Crippen LogP contribution < -0.4 is 5.43 Å². The van der Waals surface area contributed by atoms with Crippen LogP contribution in [0.2, 0.25) is 5.02 Å². The first kappa shape index (κ1) is 20.9. The highest BCUT2D eigenvalue weighted by molar-refractivity contribution is 6.31. The number of carbonyl (C=O) groups is 1. The zero-order valence-electron chi connectivity index (χ0n) is 17.4. The van der Waals surface area contributed by atoms with Crippen LogP contribution in [0.5, 0.6) is 0 Å². The molecule has 4 aromatic rings. The molecule has 2 aromatic carbocycles. The minimum absolute atomic E-state index is 0.0116. The summed E-state index contributed by atoms with van der Waals surface area (Å²) in [5.41, 5.74) is 3.23. The van der Waals surface area contributed by atoms with E-state index < -0.39 is 11.2 Å². The van der Waals surface area contributed by atoms with Gasteiger partial charge in [0, 0.05) is 28.0 Å². The van der Waals surface area contributed by atoms with E-state index in [4.69, 9.17) is 11.6 Å². The molecule has 0 saturated heterocycles. The summed E-state index contributed by atoms with van der Waals surface area (Å²) in [5, 5.41) is 0.565. The number of nitrogens with zero attached hydrogens (tertiary/aromatic N) is 2. The van der Waals surface area contributed by atoms with Crippen LogP contribution in [0.3, 0.4) is 0 Å². The van der Waals surface area contributed by atoms with E-state index in [-0.39, 0.29) is 28.5 Å². The maximum atomic E-state index is 14.5. The average Bonchev–Trinajstić information content (AvgIpc) is 2.72. The van der Waals surface area contributed by atoms with E-state index in [1.54, 1.807) is 35.8 Å². The topological polar surface area (TPSA) is 52.0 Å². The molecule has 0 N–H and O–H groups in total. The molecule has 0 aliphatic rings. The first-order valence-corrected chi connectivity index (χ1v) is 10.2. The van der Waals surface area contributed by atoms with Crippen LogP contribution in [0.25, 0.3) is 11.0 Å². The molecule has 156 valence electrons. The van der Waals surface area contributed by atoms with Gasteiger partial charge in [0.1, 0.15) is 11.5 Å². The zero-order chi connectivity index (χ0) is 22.3. The van der Waals surface area contributed by atoms with Gasteiger partial charge < -0.3 is 4.57 Å². The Balaban J connectivity index is 1.95. The van der Waals surface area contributed by atoms with E-state index in [9.17, 15) is 14.0 Å². The third-order valence-corrected chi connectivity index (χ3v) is 5.68. The summed E-state index contributed by atoms with van der Waals surface area (Å²) in [5.74, 6) is -0.840. The minimum Gasteiger partial charge on any atom is -0.327 e. The van der Waals surface area contributed by atoms with Crippen molar-refractivity contribution >= 4 is 28.4 Å². The van der Waals surface area contributed by atoms with Crippen LogP contribution >= 0.6 is 11.6 Å². The van der Waals surface area contributed by atoms with E-state index >= 15 is 0 Å². The predicted octanol–water partition coefficient (Wildman–Crippen LogP) is 5.39. The highest BCUT2D eigenvalue weighted by Gasteiger charge is 2.20. The average molecular weight is 435 g/mol. The second kappa shape index (κ2) is 8.08. The molecule has 0 atom stereocenters. The number of halogens is 2. The summed E-state index contributed by atoms with van der Waals surface area (Å²) in [7, 11) is 0. The predicted molar refractivity (Wildman–Crippen MR) is 121 cm³/mol. The van der Waals surface area contributed by atoms with Crippen molar-refractivity contribution in [1.82, 2.24) is 9.55 Å². The van der Waals surface area contributed by atoms with E-state index in [0.29, 0.717) is 22.3 Å². The second-order valence-corrected chi connectivity index (χ2v) is 8.08. The Labute approximate surface area is 183 Å². The summed E-state index contributed by atoms with van der Waals surface area (Å²) in [6.07, 6.45) is 1.46. The van der Waals surface area contributed by atoms with Crippen LogP contribution in [-0.4, -0.2) is 15.3 Å². The molecule has 4 nitrogen and oxygen atoms in total. The molecule has 0 aliphatic heterocycles. The van der Waals surface area contributed by atoms with Gasteiger partial charge in [-0.05, 0) is 50.6 Å². The van der Waals surface area contributed by atoms with Gasteiger partial charge in [-0.25, -0.2) is 9.37 Å². The maximum absolute atomic E-state index is 14.5. The number of hydrogen-bond donors (Lipinski definition) is 0. The SMILES string of the molecule is Cc1ccc(C(=O)c2cn(Cc3c(F)cccc3Cl)c3nc(C)ccc3c2=O)c(C)c1. The summed E-state index contributed by atoms with van der Waals surface area (Å²) in [6.45, 7) is 5.62. The summed E-state index contributed by atoms with van der Waals surface area (Å²) >= 11 is 6.22. The number of aryl methyl sites for hydroxylation is 3. The van der Waals surface area contributed by atoms with Crippen molar-refractivity contribution in [2.24, 2.45) is 0 Å². The molecule has 0 fully saturated rings. The maximum Gasteiger partial charge on any atom is 0.202 e. The highest BCUT2D eigenvalue weighted by Crippen LogP contribution is 2.23. The molecule has 0 spiro atoms. The van der Waals surface area contributed by atoms with Crippen molar-refractivity contribution in [2.45, 2.75) is 27.3 Å². The molecule has 0 bridgehead atoms. The minimum atomic E-state index is -0.464. The van der Waals surface area contributed by atoms with Crippen molar-refractivity contribution in [1.29, 1.82) is 0 Å². The van der Waals surface area contributed by atoms with Crippen molar-refractivity contribution in [3.63, 3.8) is 0 Å². The number of ketones is 1. The molecule has 2 aromatic heterocycles. The van der Waals surface area contributed by atoms with Crippen molar-refractivity contribution < 1.29 is 9.18 Å². The van der Waals surface area contributed by atoms with Gasteiger partial charge in [-0.2, -0.15) is 0 Å². The molecule has 0 saturated carbocycles. The standard InChI is InChI=1S/C25H20ClFN2O2/c1-14-7-9-17(15(2)11-14)23(30)20-13-29(12-19-21(26)5-4-6-22(19)27)25-18(24(20)31)10-8-16(3)28-25/h4-11,13H,12H2,1-3H3. The Morgan fingerprint density at radius 2 is 1.84 bits per heavy atom. The van der Waals surface area contributed by atoms with E-state index in [1.807, 2.05) is 26.0 Å². The Morgan fingerprint density at radius 3 is 2.55 bits per heavy atom. The van der Waals surface area contributed by atoms with Gasteiger partial charge in [-0.3, -0.25) is 9.59 Å². The van der Waals surface area contributed by atoms with Crippen LogP contribution in [0.4, 0.5) is 4.39 Å². The molecule has 2 heterocycles. The molecule has 6 heteroatoms. The van der Waals surface area contributed by atoms with Crippen molar-refractivity contribution in [3.8, 4) is 0 Å². The second-order valence-electron chi connectivity index (χ2n) is 7.67. The normalized spacial score (nSPS) is 11.1. The van der Waals surface area contributed by atoms with Crippen LogP contribution in [0, 0.1) is 26.6 Å². The fourth-order valence-corrected chi connectivity index (χ4v) is 3.93. The first-order chi connectivity index (χ1) is 14.8. The molecule has 0 radical (unpaired) electrons. The van der Waals surface area contributed by atoms with Gasteiger partial charge in [0.15, 0.2) is 5.78 Å². The number of pyridine rings is 2. The molecule has 0 aliphatic carbocycles. The van der Waals surface area contributed by atoms with Crippen LogP contribution in [-0.2, 0) is 6.54 Å². The summed E-state index contributed by atoms with van der Waals surface area (Å²) < 4.78 is 16.1. The van der Waals surface area contributed by atoms with Gasteiger partial charge >= 0.3 is 0 Å². The Kier molecular flexibility index (Phi) is 5.46. The van der Waals surface area contributed by atoms with Crippen LogP contribution in [0.15, 0.2) is 59.5 Å². The number of benzene rings is 2. The third-order valence-electron chi connectivity index (χ3n) is 5.32. The van der Waals surface area contributed by atoms with E-state index in [1.165, 1.54) is 18.3 Å². The smallest absolute Gasteiger partial charge is 0.202 e. The lowest BCUT2D eigenvalue weighted by molar-refractivity contribution is 0.103. The van der Waals surface area contributed by atoms with Gasteiger partial charge in [0.2, 0.25) is 5.43 Å². The van der Waals surface area contributed by atoms with Gasteiger partial charge in [0.25, 0.3) is 0 Å². The molecule has 31 heavy (non-hydrogen) atoms. The zero-order valence-corrected chi connectivity index (χ0v) is 18.1. The Morgan fingerprint density at radius 1 is 1.06 bits per heavy atom. The Hall–Kier alpha value is -3.31. The number of aromatic nitrogens is 2. The van der Waals surface area contributed by atoms with Gasteiger partial charge in [-0.1, -0.05) is 41.4 Å². The quantitative estimate of drug-likeness (QED) is 0.404. The molecule has 4 rings (SSSR count). The number of fused-ring (bicyclic) bond motifs is 1. The van der Waals surface area contributed by atoms with Crippen LogP contribution in [0.1, 0.15) is 38.3 Å². The lowest BCUT2D eigenvalue weighted by atomic mass is 9.97. The van der Waals surface area contributed by atoms with E-state index in [0.717, 1.165) is 11.1 Å². The fourth-order valence-electron chi connectivity index (χ4n) is 3.71. The highest BCUT2D eigenvalue weighted by atomic mass is 35.5. The molecular formula is C25H20ClFN2O2. The van der Waals surface area contributed by atoms with Crippen molar-refractivity contribution in [3.05, 3.63) is 109 Å². The first-order valence-electron chi connectivity index (χ1n) is 9.82. The largest absolute Gasteiger partial charge is 0.327 e. The van der Waals surface area contributed by atoms with Crippen molar-refractivity contribution in [2.75, 3.05) is 0 Å². The fraction of sp³-hybridized carbons (Fsp3) is 0.160. The van der Waals surface area contributed by atoms with Gasteiger partial charge in [-0.15, -0.1) is 0 Å². The third kappa shape index (κ3) is 3.89. The number of carbonyl (C=O) groups excluding carboxylic acids is 1. The van der Waals surface area contributed by atoms with Gasteiger partial charge in [0.05, 0.1) is 17.5 Å². The molecular weight excluding hydrogens is 415 g/mol. The molecule has 0 amide bonds. The number of rotatable bonds is 4. The summed E-state index contributed by atoms with van der Waals surface area (Å²) in [4.78, 5) is 31.0.